The Bertz CT molecular complexity index is 1200. The Hall–Kier alpha value is -3.53. The van der Waals surface area contributed by atoms with Crippen LogP contribution in [0.2, 0.25) is 5.02 Å². The van der Waals surface area contributed by atoms with Gasteiger partial charge in [0.15, 0.2) is 5.76 Å². The molecule has 0 aliphatic carbocycles. The maximum atomic E-state index is 12.9. The molecular formula is C22H17ClF3N3O4. The molecule has 2 heterocycles. The molecule has 3 aromatic rings. The summed E-state index contributed by atoms with van der Waals surface area (Å²) in [4.78, 5) is 26.5. The van der Waals surface area contributed by atoms with E-state index < -0.39 is 22.4 Å². The van der Waals surface area contributed by atoms with Gasteiger partial charge >= 0.3 is 6.18 Å². The van der Waals surface area contributed by atoms with Crippen molar-refractivity contribution in [3.63, 3.8) is 0 Å². The minimum absolute atomic E-state index is 0.0846. The zero-order valence-corrected chi connectivity index (χ0v) is 17.8. The van der Waals surface area contributed by atoms with Crippen molar-refractivity contribution in [2.75, 3.05) is 31.1 Å². The molecule has 1 aromatic heterocycles. The first kappa shape index (κ1) is 22.7. The van der Waals surface area contributed by atoms with Crippen molar-refractivity contribution in [3.8, 4) is 11.3 Å². The van der Waals surface area contributed by atoms with E-state index in [1.54, 1.807) is 41.3 Å². The first-order chi connectivity index (χ1) is 15.6. The molecule has 172 valence electrons. The van der Waals surface area contributed by atoms with Crippen LogP contribution < -0.4 is 4.90 Å². The standard InChI is InChI=1S/C22H17ClF3N3O4/c23-16-3-1-2-14(12-16)19-6-7-20(33-19)21(30)28-10-8-27(9-11-28)17-5-4-15(22(24,25)26)13-18(17)29(31)32/h1-7,12-13H,8-11H2. The van der Waals surface area contributed by atoms with Crippen molar-refractivity contribution in [3.05, 3.63) is 81.1 Å². The third-order valence-electron chi connectivity index (χ3n) is 5.33. The van der Waals surface area contributed by atoms with Crippen molar-refractivity contribution in [1.82, 2.24) is 4.90 Å². The van der Waals surface area contributed by atoms with Crippen LogP contribution in [0.15, 0.2) is 59.0 Å². The van der Waals surface area contributed by atoms with Gasteiger partial charge in [0.2, 0.25) is 0 Å². The van der Waals surface area contributed by atoms with E-state index in [1.807, 2.05) is 0 Å². The first-order valence-electron chi connectivity index (χ1n) is 9.89. The number of carbonyl (C=O) groups is 1. The average molecular weight is 480 g/mol. The molecule has 1 saturated heterocycles. The molecular weight excluding hydrogens is 463 g/mol. The maximum Gasteiger partial charge on any atom is 0.416 e. The Morgan fingerprint density at radius 2 is 1.76 bits per heavy atom. The predicted molar refractivity (Wildman–Crippen MR) is 115 cm³/mol. The number of amides is 1. The fourth-order valence-corrected chi connectivity index (χ4v) is 3.86. The van der Waals surface area contributed by atoms with Crippen LogP contribution in [0.5, 0.6) is 0 Å². The Morgan fingerprint density at radius 3 is 2.39 bits per heavy atom. The lowest BCUT2D eigenvalue weighted by molar-refractivity contribution is -0.384. The largest absolute Gasteiger partial charge is 0.451 e. The smallest absolute Gasteiger partial charge is 0.416 e. The van der Waals surface area contributed by atoms with E-state index in [2.05, 4.69) is 0 Å². The van der Waals surface area contributed by atoms with Crippen LogP contribution >= 0.6 is 11.6 Å². The number of benzene rings is 2. The highest BCUT2D eigenvalue weighted by molar-refractivity contribution is 6.30. The van der Waals surface area contributed by atoms with Gasteiger partial charge in [-0.1, -0.05) is 23.7 Å². The predicted octanol–water partition coefficient (Wildman–Crippen LogP) is 5.49. The van der Waals surface area contributed by atoms with Crippen LogP contribution in [0, 0.1) is 10.1 Å². The summed E-state index contributed by atoms with van der Waals surface area (Å²) in [6.07, 6.45) is -4.68. The molecule has 0 saturated carbocycles. The van der Waals surface area contributed by atoms with Gasteiger partial charge in [-0.3, -0.25) is 14.9 Å². The summed E-state index contributed by atoms with van der Waals surface area (Å²) in [5.74, 6) is 0.281. The van der Waals surface area contributed by atoms with Crippen molar-refractivity contribution in [2.45, 2.75) is 6.18 Å². The molecule has 11 heteroatoms. The Morgan fingerprint density at radius 1 is 1.03 bits per heavy atom. The van der Waals surface area contributed by atoms with Crippen molar-refractivity contribution < 1.29 is 27.3 Å². The number of piperazine rings is 1. The summed E-state index contributed by atoms with van der Waals surface area (Å²) in [6, 6.07) is 12.7. The first-order valence-corrected chi connectivity index (χ1v) is 10.3. The summed E-state index contributed by atoms with van der Waals surface area (Å²) in [7, 11) is 0. The monoisotopic (exact) mass is 479 g/mol. The lowest BCUT2D eigenvalue weighted by Crippen LogP contribution is -2.48. The van der Waals surface area contributed by atoms with E-state index in [9.17, 15) is 28.1 Å². The third kappa shape index (κ3) is 4.80. The summed E-state index contributed by atoms with van der Waals surface area (Å²) in [5.41, 5.74) is -0.899. The summed E-state index contributed by atoms with van der Waals surface area (Å²) < 4.78 is 44.5. The van der Waals surface area contributed by atoms with Crippen LogP contribution in [0.25, 0.3) is 11.3 Å². The number of hydrogen-bond acceptors (Lipinski definition) is 5. The van der Waals surface area contributed by atoms with Gasteiger partial charge in [0.05, 0.1) is 10.5 Å². The minimum atomic E-state index is -4.68. The molecule has 0 bridgehead atoms. The molecule has 0 radical (unpaired) electrons. The number of hydrogen-bond donors (Lipinski definition) is 0. The minimum Gasteiger partial charge on any atom is -0.451 e. The second-order valence-electron chi connectivity index (χ2n) is 7.41. The lowest BCUT2D eigenvalue weighted by atomic mass is 10.1. The number of alkyl halides is 3. The van der Waals surface area contributed by atoms with Gasteiger partial charge in [-0.25, -0.2) is 0 Å². The second-order valence-corrected chi connectivity index (χ2v) is 7.85. The molecule has 7 nitrogen and oxygen atoms in total. The number of anilines is 1. The Kier molecular flexibility index (Phi) is 6.03. The molecule has 1 amide bonds. The van der Waals surface area contributed by atoms with Crippen LogP contribution in [-0.2, 0) is 6.18 Å². The van der Waals surface area contributed by atoms with Crippen molar-refractivity contribution in [2.24, 2.45) is 0 Å². The zero-order valence-electron chi connectivity index (χ0n) is 17.0. The normalized spacial score (nSPS) is 14.4. The molecule has 4 rings (SSSR count). The lowest BCUT2D eigenvalue weighted by Gasteiger charge is -2.35. The summed E-state index contributed by atoms with van der Waals surface area (Å²) in [5, 5.41) is 11.9. The summed E-state index contributed by atoms with van der Waals surface area (Å²) in [6.45, 7) is 0.897. The number of rotatable bonds is 4. The molecule has 0 unspecified atom stereocenters. The zero-order chi connectivity index (χ0) is 23.8. The van der Waals surface area contributed by atoms with E-state index in [-0.39, 0.29) is 43.5 Å². The van der Waals surface area contributed by atoms with Crippen molar-refractivity contribution in [1.29, 1.82) is 0 Å². The van der Waals surface area contributed by atoms with Crippen molar-refractivity contribution >= 4 is 28.9 Å². The van der Waals surface area contributed by atoms with E-state index in [0.29, 0.717) is 16.8 Å². The van der Waals surface area contributed by atoms with E-state index in [1.165, 1.54) is 4.90 Å². The van der Waals surface area contributed by atoms with Gasteiger partial charge in [-0.2, -0.15) is 13.2 Å². The SMILES string of the molecule is O=C(c1ccc(-c2cccc(Cl)c2)o1)N1CCN(c2ccc(C(F)(F)F)cc2[N+](=O)[O-])CC1. The van der Waals surface area contributed by atoms with Crippen LogP contribution in [0.1, 0.15) is 16.1 Å². The fraction of sp³-hybridized carbons (Fsp3) is 0.227. The fourth-order valence-electron chi connectivity index (χ4n) is 3.67. The third-order valence-corrected chi connectivity index (χ3v) is 5.57. The highest BCUT2D eigenvalue weighted by Gasteiger charge is 2.34. The van der Waals surface area contributed by atoms with Gasteiger partial charge in [0.25, 0.3) is 11.6 Å². The number of furan rings is 1. The molecule has 0 atom stereocenters. The Balaban J connectivity index is 1.46. The second kappa shape index (κ2) is 8.78. The number of halogens is 4. The number of nitrogens with zero attached hydrogens (tertiary/aromatic N) is 3. The summed E-state index contributed by atoms with van der Waals surface area (Å²) >= 11 is 5.99. The number of carbonyl (C=O) groups excluding carboxylic acids is 1. The van der Waals surface area contributed by atoms with E-state index >= 15 is 0 Å². The number of nitro groups is 1. The molecule has 33 heavy (non-hydrogen) atoms. The quantitative estimate of drug-likeness (QED) is 0.365. The molecule has 1 aliphatic rings. The highest BCUT2D eigenvalue weighted by atomic mass is 35.5. The van der Waals surface area contributed by atoms with E-state index in [4.69, 9.17) is 16.0 Å². The topological polar surface area (TPSA) is 79.8 Å². The number of nitro benzene ring substituents is 1. The molecule has 0 spiro atoms. The molecule has 1 aliphatic heterocycles. The highest BCUT2D eigenvalue weighted by Crippen LogP contribution is 2.37. The van der Waals surface area contributed by atoms with Crippen LogP contribution in [0.3, 0.4) is 0 Å². The van der Waals surface area contributed by atoms with Crippen LogP contribution in [0.4, 0.5) is 24.5 Å². The van der Waals surface area contributed by atoms with Gasteiger partial charge < -0.3 is 14.2 Å². The average Bonchev–Trinajstić information content (AvgIpc) is 3.28. The molecule has 2 aromatic carbocycles. The van der Waals surface area contributed by atoms with E-state index in [0.717, 1.165) is 17.7 Å². The molecule has 1 fully saturated rings. The molecule has 0 N–H and O–H groups in total. The van der Waals surface area contributed by atoms with Gasteiger partial charge in [0.1, 0.15) is 11.4 Å². The van der Waals surface area contributed by atoms with Gasteiger partial charge in [-0.15, -0.1) is 0 Å². The van der Waals surface area contributed by atoms with Gasteiger partial charge in [0, 0.05) is 42.8 Å². The van der Waals surface area contributed by atoms with Gasteiger partial charge in [-0.05, 0) is 36.4 Å². The van der Waals surface area contributed by atoms with Crippen LogP contribution in [-0.4, -0.2) is 41.9 Å². The maximum absolute atomic E-state index is 12.9. The Labute approximate surface area is 191 Å².